The van der Waals surface area contributed by atoms with Gasteiger partial charge in [0.1, 0.15) is 11.6 Å². The molecule has 182 valence electrons. The molecule has 2 rings (SSSR count). The fraction of sp³-hybridized carbons (Fsp3) is 0.269. The minimum atomic E-state index is -1.08. The molecule has 2 aromatic rings. The zero-order valence-electron chi connectivity index (χ0n) is 19.9. The van der Waals surface area contributed by atoms with Crippen LogP contribution in [-0.2, 0) is 9.53 Å². The molecule has 6 N–H and O–H groups in total. The third-order valence-electron chi connectivity index (χ3n) is 4.36. The first-order chi connectivity index (χ1) is 16.5. The summed E-state index contributed by atoms with van der Waals surface area (Å²) in [5, 5.41) is 13.9. The topological polar surface area (TPSA) is 143 Å². The number of carbonyl (C=O) groups excluding carboxylic acids is 3. The lowest BCUT2D eigenvalue weighted by atomic mass is 10.1. The molecule has 0 fully saturated rings. The monoisotopic (exact) mass is 476 g/mol. The van der Waals surface area contributed by atoms with Gasteiger partial charge in [0.25, 0.3) is 11.8 Å². The van der Waals surface area contributed by atoms with Gasteiger partial charge in [-0.1, -0.05) is 11.8 Å². The van der Waals surface area contributed by atoms with E-state index in [0.29, 0.717) is 16.8 Å². The van der Waals surface area contributed by atoms with Gasteiger partial charge >= 0.3 is 6.09 Å². The molecule has 9 nitrogen and oxygen atoms in total. The van der Waals surface area contributed by atoms with Crippen molar-refractivity contribution in [3.8, 4) is 23.7 Å². The molecule has 0 unspecified atom stereocenters. The minimum absolute atomic E-state index is 0.304. The number of hydroxylamine groups is 1. The Balaban J connectivity index is 1.96. The van der Waals surface area contributed by atoms with E-state index >= 15 is 0 Å². The Morgan fingerprint density at radius 1 is 0.943 bits per heavy atom. The van der Waals surface area contributed by atoms with Gasteiger partial charge in [-0.15, -0.1) is 0 Å². The standard InChI is InChI=1S/C26H28N4O5/c1-17(27)22(24(32)30-34)29-23(31)20-13-9-18(10-14-20)7-5-6-8-19-11-15-21(16-12-19)28-25(33)35-26(2,3)4/h9-17,22,34H,27H2,1-4H3,(H,28,33)(H,29,31)(H,30,32)/t17-,22+/m1/s1. The third kappa shape index (κ3) is 9.22. The van der Waals surface area contributed by atoms with Gasteiger partial charge in [0.2, 0.25) is 0 Å². The molecule has 2 atom stereocenters. The van der Waals surface area contributed by atoms with Crippen molar-refractivity contribution in [2.75, 3.05) is 5.32 Å². The normalized spacial score (nSPS) is 11.9. The van der Waals surface area contributed by atoms with Crippen LogP contribution in [0.25, 0.3) is 0 Å². The van der Waals surface area contributed by atoms with E-state index in [1.54, 1.807) is 69.3 Å². The lowest BCUT2D eigenvalue weighted by Crippen LogP contribution is -2.54. The van der Waals surface area contributed by atoms with Gasteiger partial charge < -0.3 is 15.8 Å². The third-order valence-corrected chi connectivity index (χ3v) is 4.36. The Kier molecular flexibility index (Phi) is 9.42. The van der Waals surface area contributed by atoms with Gasteiger partial charge in [-0.3, -0.25) is 20.1 Å². The summed E-state index contributed by atoms with van der Waals surface area (Å²) in [5.74, 6) is 9.97. The summed E-state index contributed by atoms with van der Waals surface area (Å²) in [6.07, 6.45) is -0.532. The first-order valence-electron chi connectivity index (χ1n) is 10.7. The average molecular weight is 477 g/mol. The number of rotatable bonds is 5. The van der Waals surface area contributed by atoms with Crippen LogP contribution in [0.5, 0.6) is 0 Å². The summed E-state index contributed by atoms with van der Waals surface area (Å²) in [6, 6.07) is 11.5. The maximum Gasteiger partial charge on any atom is 0.412 e. The zero-order valence-corrected chi connectivity index (χ0v) is 19.9. The van der Waals surface area contributed by atoms with Crippen LogP contribution in [-0.4, -0.2) is 40.8 Å². The molecule has 0 spiro atoms. The highest BCUT2D eigenvalue weighted by Crippen LogP contribution is 2.12. The maximum atomic E-state index is 12.3. The molecule has 35 heavy (non-hydrogen) atoms. The van der Waals surface area contributed by atoms with Gasteiger partial charge in [-0.25, -0.2) is 10.3 Å². The maximum absolute atomic E-state index is 12.3. The second-order valence-electron chi connectivity index (χ2n) is 8.57. The number of ether oxygens (including phenoxy) is 1. The van der Waals surface area contributed by atoms with Gasteiger partial charge in [0, 0.05) is 28.4 Å². The highest BCUT2D eigenvalue weighted by molar-refractivity contribution is 5.97. The van der Waals surface area contributed by atoms with Crippen molar-refractivity contribution in [2.45, 2.75) is 45.4 Å². The molecule has 0 aromatic heterocycles. The summed E-state index contributed by atoms with van der Waals surface area (Å²) in [6.45, 7) is 6.90. The van der Waals surface area contributed by atoms with Gasteiger partial charge in [-0.05, 0) is 88.1 Å². The summed E-state index contributed by atoms with van der Waals surface area (Å²) >= 11 is 0. The molecule has 0 radical (unpaired) electrons. The van der Waals surface area contributed by atoms with Crippen molar-refractivity contribution in [1.29, 1.82) is 0 Å². The van der Waals surface area contributed by atoms with Crippen molar-refractivity contribution in [3.63, 3.8) is 0 Å². The predicted molar refractivity (Wildman–Crippen MR) is 131 cm³/mol. The van der Waals surface area contributed by atoms with E-state index in [-0.39, 0.29) is 0 Å². The lowest BCUT2D eigenvalue weighted by molar-refractivity contribution is -0.131. The van der Waals surface area contributed by atoms with Crippen LogP contribution < -0.4 is 21.8 Å². The van der Waals surface area contributed by atoms with Gasteiger partial charge in [0.15, 0.2) is 0 Å². The molecule has 9 heteroatoms. The van der Waals surface area contributed by atoms with Crippen LogP contribution in [0, 0.1) is 23.7 Å². The van der Waals surface area contributed by atoms with Crippen LogP contribution in [0.1, 0.15) is 49.2 Å². The molecule has 0 saturated carbocycles. The number of carbonyl (C=O) groups is 3. The van der Waals surface area contributed by atoms with Crippen molar-refractivity contribution >= 4 is 23.6 Å². The van der Waals surface area contributed by atoms with E-state index in [0.717, 1.165) is 5.56 Å². The van der Waals surface area contributed by atoms with Crippen molar-refractivity contribution in [2.24, 2.45) is 5.73 Å². The first kappa shape index (κ1) is 26.9. The van der Waals surface area contributed by atoms with E-state index in [1.807, 2.05) is 0 Å². The molecular formula is C26H28N4O5. The Morgan fingerprint density at radius 3 is 1.91 bits per heavy atom. The number of hydrogen-bond acceptors (Lipinski definition) is 6. The first-order valence-corrected chi connectivity index (χ1v) is 10.7. The molecule has 0 bridgehead atoms. The SMILES string of the molecule is C[C@@H](N)[C@H](NC(=O)c1ccc(C#CC#Cc2ccc(NC(=O)OC(C)(C)C)cc2)cc1)C(=O)NO. The van der Waals surface area contributed by atoms with Crippen molar-refractivity contribution < 1.29 is 24.3 Å². The van der Waals surface area contributed by atoms with E-state index in [2.05, 4.69) is 34.3 Å². The summed E-state index contributed by atoms with van der Waals surface area (Å²) in [4.78, 5) is 35.8. The second kappa shape index (κ2) is 12.2. The van der Waals surface area contributed by atoms with Gasteiger partial charge in [-0.2, -0.15) is 0 Å². The quantitative estimate of drug-likeness (QED) is 0.255. The summed E-state index contributed by atoms with van der Waals surface area (Å²) in [7, 11) is 0. The summed E-state index contributed by atoms with van der Waals surface area (Å²) in [5.41, 5.74) is 8.84. The molecule has 0 aliphatic heterocycles. The number of nitrogens with one attached hydrogen (secondary N) is 3. The Labute approximate surface area is 204 Å². The van der Waals surface area contributed by atoms with E-state index in [4.69, 9.17) is 15.7 Å². The van der Waals surface area contributed by atoms with E-state index in [9.17, 15) is 14.4 Å². The highest BCUT2D eigenvalue weighted by Gasteiger charge is 2.24. The molecule has 0 heterocycles. The van der Waals surface area contributed by atoms with Crippen LogP contribution in [0.3, 0.4) is 0 Å². The van der Waals surface area contributed by atoms with Crippen LogP contribution in [0.2, 0.25) is 0 Å². The number of nitrogens with two attached hydrogens (primary N) is 1. The zero-order chi connectivity index (χ0) is 26.0. The van der Waals surface area contributed by atoms with Crippen LogP contribution in [0.4, 0.5) is 10.5 Å². The second-order valence-corrected chi connectivity index (χ2v) is 8.57. The molecule has 0 aliphatic rings. The van der Waals surface area contributed by atoms with E-state index in [1.165, 1.54) is 12.4 Å². The van der Waals surface area contributed by atoms with Crippen LogP contribution >= 0.6 is 0 Å². The number of hydrogen-bond donors (Lipinski definition) is 5. The predicted octanol–water partition coefficient (Wildman–Crippen LogP) is 2.39. The van der Waals surface area contributed by atoms with E-state index < -0.39 is 35.6 Å². The number of benzene rings is 2. The number of anilines is 1. The van der Waals surface area contributed by atoms with Crippen molar-refractivity contribution in [3.05, 3.63) is 65.2 Å². The van der Waals surface area contributed by atoms with Crippen LogP contribution in [0.15, 0.2) is 48.5 Å². The Bertz CT molecular complexity index is 1180. The van der Waals surface area contributed by atoms with Crippen molar-refractivity contribution in [1.82, 2.24) is 10.8 Å². The molecule has 3 amide bonds. The Hall–Kier alpha value is -4.31. The molecule has 0 saturated heterocycles. The largest absolute Gasteiger partial charge is 0.444 e. The number of amides is 3. The lowest BCUT2D eigenvalue weighted by Gasteiger charge is -2.19. The smallest absolute Gasteiger partial charge is 0.412 e. The fourth-order valence-corrected chi connectivity index (χ4v) is 2.70. The summed E-state index contributed by atoms with van der Waals surface area (Å²) < 4.78 is 5.21. The van der Waals surface area contributed by atoms with Gasteiger partial charge in [0.05, 0.1) is 0 Å². The Morgan fingerprint density at radius 2 is 1.46 bits per heavy atom. The fourth-order valence-electron chi connectivity index (χ4n) is 2.70. The minimum Gasteiger partial charge on any atom is -0.444 e. The molecular weight excluding hydrogens is 448 g/mol. The highest BCUT2D eigenvalue weighted by atomic mass is 16.6. The molecule has 0 aliphatic carbocycles. The average Bonchev–Trinajstić information content (AvgIpc) is 2.79. The molecule has 2 aromatic carbocycles.